The number of hydrogen-bond donors (Lipinski definition) is 0. The lowest BCUT2D eigenvalue weighted by Gasteiger charge is -2.32. The lowest BCUT2D eigenvalue weighted by atomic mass is 10.0. The van der Waals surface area contributed by atoms with Gasteiger partial charge in [-0.1, -0.05) is 13.3 Å². The Morgan fingerprint density at radius 1 is 1.53 bits per heavy atom. The van der Waals surface area contributed by atoms with Crippen molar-refractivity contribution in [2.24, 2.45) is 0 Å². The van der Waals surface area contributed by atoms with Crippen LogP contribution in [-0.4, -0.2) is 22.5 Å². The van der Waals surface area contributed by atoms with Gasteiger partial charge in [-0.3, -0.25) is 4.90 Å². The van der Waals surface area contributed by atoms with E-state index in [2.05, 4.69) is 29.1 Å². The zero-order chi connectivity index (χ0) is 10.7. The summed E-state index contributed by atoms with van der Waals surface area (Å²) in [6.07, 6.45) is 5.18. The highest BCUT2D eigenvalue weighted by molar-refractivity contribution is 7.09. The summed E-state index contributed by atoms with van der Waals surface area (Å²) in [4.78, 5) is 7.20. The van der Waals surface area contributed by atoms with Gasteiger partial charge in [0.25, 0.3) is 0 Å². The highest BCUT2D eigenvalue weighted by Gasteiger charge is 2.18. The smallest absolute Gasteiger partial charge is 0.0926 e. The SMILES string of the molecule is CCc1nc(CN2CCCCC2C)cs1. The lowest BCUT2D eigenvalue weighted by Crippen LogP contribution is -2.36. The summed E-state index contributed by atoms with van der Waals surface area (Å²) in [6, 6.07) is 0.741. The fraction of sp³-hybridized carbons (Fsp3) is 0.750. The lowest BCUT2D eigenvalue weighted by molar-refractivity contribution is 0.151. The molecular formula is C12H20N2S. The molecular weight excluding hydrogens is 204 g/mol. The van der Waals surface area contributed by atoms with E-state index in [1.807, 2.05) is 0 Å². The second-order valence-corrected chi connectivity index (χ2v) is 5.34. The number of rotatable bonds is 3. The summed E-state index contributed by atoms with van der Waals surface area (Å²) < 4.78 is 0. The molecule has 1 aliphatic heterocycles. The van der Waals surface area contributed by atoms with Crippen LogP contribution in [0.2, 0.25) is 0 Å². The molecule has 0 spiro atoms. The van der Waals surface area contributed by atoms with E-state index in [4.69, 9.17) is 0 Å². The van der Waals surface area contributed by atoms with Crippen molar-refractivity contribution in [1.82, 2.24) is 9.88 Å². The summed E-state index contributed by atoms with van der Waals surface area (Å²) in [5, 5.41) is 3.50. The molecule has 0 bridgehead atoms. The third-order valence-corrected chi connectivity index (χ3v) is 4.25. The van der Waals surface area contributed by atoms with E-state index in [1.165, 1.54) is 36.5 Å². The van der Waals surface area contributed by atoms with Gasteiger partial charge in [-0.25, -0.2) is 4.98 Å². The van der Waals surface area contributed by atoms with Gasteiger partial charge in [0.15, 0.2) is 0 Å². The van der Waals surface area contributed by atoms with Crippen LogP contribution in [0.25, 0.3) is 0 Å². The molecule has 0 amide bonds. The zero-order valence-electron chi connectivity index (χ0n) is 9.70. The van der Waals surface area contributed by atoms with Crippen LogP contribution in [0.15, 0.2) is 5.38 Å². The molecule has 1 atom stereocenters. The summed E-state index contributed by atoms with van der Waals surface area (Å²) in [6.45, 7) is 6.82. The second-order valence-electron chi connectivity index (χ2n) is 4.40. The predicted octanol–water partition coefficient (Wildman–Crippen LogP) is 3.08. The molecule has 1 aromatic rings. The average molecular weight is 224 g/mol. The van der Waals surface area contributed by atoms with Gasteiger partial charge in [0.05, 0.1) is 10.7 Å². The molecule has 2 rings (SSSR count). The van der Waals surface area contributed by atoms with Crippen LogP contribution in [0.4, 0.5) is 0 Å². The molecule has 1 aromatic heterocycles. The second kappa shape index (κ2) is 5.08. The number of nitrogens with zero attached hydrogens (tertiary/aromatic N) is 2. The van der Waals surface area contributed by atoms with Crippen LogP contribution in [0.5, 0.6) is 0 Å². The molecule has 1 fully saturated rings. The highest BCUT2D eigenvalue weighted by Crippen LogP contribution is 2.20. The summed E-state index contributed by atoms with van der Waals surface area (Å²) in [7, 11) is 0. The fourth-order valence-electron chi connectivity index (χ4n) is 2.18. The number of thiazole rings is 1. The molecule has 1 saturated heterocycles. The molecule has 0 aliphatic carbocycles. The van der Waals surface area contributed by atoms with Crippen LogP contribution < -0.4 is 0 Å². The molecule has 1 unspecified atom stereocenters. The third kappa shape index (κ3) is 2.79. The van der Waals surface area contributed by atoms with E-state index < -0.39 is 0 Å². The maximum atomic E-state index is 4.63. The molecule has 3 heteroatoms. The van der Waals surface area contributed by atoms with E-state index in [0.717, 1.165) is 19.0 Å². The minimum atomic E-state index is 0.741. The molecule has 2 heterocycles. The summed E-state index contributed by atoms with van der Waals surface area (Å²) in [5.41, 5.74) is 1.27. The predicted molar refractivity (Wildman–Crippen MR) is 65.2 cm³/mol. The molecule has 84 valence electrons. The molecule has 0 aromatic carbocycles. The van der Waals surface area contributed by atoms with Crippen LogP contribution in [-0.2, 0) is 13.0 Å². The number of likely N-dealkylation sites (tertiary alicyclic amines) is 1. The minimum Gasteiger partial charge on any atom is -0.295 e. The Balaban J connectivity index is 1.95. The maximum absolute atomic E-state index is 4.63. The molecule has 15 heavy (non-hydrogen) atoms. The van der Waals surface area contributed by atoms with Crippen molar-refractivity contribution in [2.45, 2.75) is 52.1 Å². The van der Waals surface area contributed by atoms with Crippen LogP contribution >= 0.6 is 11.3 Å². The number of aromatic nitrogens is 1. The van der Waals surface area contributed by atoms with E-state index in [0.29, 0.717) is 0 Å². The van der Waals surface area contributed by atoms with Gasteiger partial charge >= 0.3 is 0 Å². The highest BCUT2D eigenvalue weighted by atomic mass is 32.1. The topological polar surface area (TPSA) is 16.1 Å². The largest absolute Gasteiger partial charge is 0.295 e. The Labute approximate surface area is 96.3 Å². The van der Waals surface area contributed by atoms with E-state index in [1.54, 1.807) is 11.3 Å². The summed E-state index contributed by atoms with van der Waals surface area (Å²) in [5.74, 6) is 0. The molecule has 0 N–H and O–H groups in total. The van der Waals surface area contributed by atoms with E-state index in [9.17, 15) is 0 Å². The molecule has 1 aliphatic rings. The monoisotopic (exact) mass is 224 g/mol. The van der Waals surface area contributed by atoms with Gasteiger partial charge < -0.3 is 0 Å². The third-order valence-electron chi connectivity index (χ3n) is 3.21. The van der Waals surface area contributed by atoms with Crippen molar-refractivity contribution in [1.29, 1.82) is 0 Å². The number of piperidine rings is 1. The van der Waals surface area contributed by atoms with Crippen LogP contribution in [0.1, 0.15) is 43.8 Å². The molecule has 2 nitrogen and oxygen atoms in total. The van der Waals surface area contributed by atoms with Crippen molar-refractivity contribution in [3.63, 3.8) is 0 Å². The Bertz CT molecular complexity index is 308. The zero-order valence-corrected chi connectivity index (χ0v) is 10.5. The van der Waals surface area contributed by atoms with Gasteiger partial charge in [-0.05, 0) is 32.7 Å². The Morgan fingerprint density at radius 3 is 3.07 bits per heavy atom. The van der Waals surface area contributed by atoms with Crippen molar-refractivity contribution in [2.75, 3.05) is 6.54 Å². The van der Waals surface area contributed by atoms with Gasteiger partial charge in [-0.2, -0.15) is 0 Å². The first kappa shape index (κ1) is 11.1. The van der Waals surface area contributed by atoms with Gasteiger partial charge in [0.1, 0.15) is 0 Å². The van der Waals surface area contributed by atoms with Crippen molar-refractivity contribution < 1.29 is 0 Å². The normalized spacial score (nSPS) is 23.2. The van der Waals surface area contributed by atoms with Crippen molar-refractivity contribution >= 4 is 11.3 Å². The average Bonchev–Trinajstić information content (AvgIpc) is 2.69. The van der Waals surface area contributed by atoms with Crippen molar-refractivity contribution in [3.8, 4) is 0 Å². The van der Waals surface area contributed by atoms with Crippen LogP contribution in [0.3, 0.4) is 0 Å². The Morgan fingerprint density at radius 2 is 2.40 bits per heavy atom. The first-order valence-corrected chi connectivity index (χ1v) is 6.85. The van der Waals surface area contributed by atoms with Crippen LogP contribution in [0, 0.1) is 0 Å². The van der Waals surface area contributed by atoms with Gasteiger partial charge in [0.2, 0.25) is 0 Å². The number of aryl methyl sites for hydroxylation is 1. The minimum absolute atomic E-state index is 0.741. The quantitative estimate of drug-likeness (QED) is 0.784. The summed E-state index contributed by atoms with van der Waals surface area (Å²) >= 11 is 1.80. The Kier molecular flexibility index (Phi) is 3.76. The standard InChI is InChI=1S/C12H20N2S/c1-3-12-13-11(9-15-12)8-14-7-5-4-6-10(14)2/h9-10H,3-8H2,1-2H3. The van der Waals surface area contributed by atoms with Crippen molar-refractivity contribution in [3.05, 3.63) is 16.1 Å². The number of hydrogen-bond acceptors (Lipinski definition) is 3. The van der Waals surface area contributed by atoms with Gasteiger partial charge in [0, 0.05) is 18.0 Å². The fourth-order valence-corrected chi connectivity index (χ4v) is 2.92. The van der Waals surface area contributed by atoms with E-state index >= 15 is 0 Å². The first-order valence-electron chi connectivity index (χ1n) is 5.97. The maximum Gasteiger partial charge on any atom is 0.0926 e. The first-order chi connectivity index (χ1) is 7.29. The Hall–Kier alpha value is -0.410. The molecule has 0 saturated carbocycles. The molecule has 0 radical (unpaired) electrons. The van der Waals surface area contributed by atoms with E-state index in [-0.39, 0.29) is 0 Å². The van der Waals surface area contributed by atoms with Gasteiger partial charge in [-0.15, -0.1) is 11.3 Å².